The molecule has 0 fully saturated rings. The van der Waals surface area contributed by atoms with Crippen LogP contribution in [0, 0.1) is 0 Å². The van der Waals surface area contributed by atoms with Gasteiger partial charge in [-0.25, -0.2) is 0 Å². The van der Waals surface area contributed by atoms with Gasteiger partial charge < -0.3 is 15.0 Å². The Labute approximate surface area is 106 Å². The fraction of sp³-hybridized carbons (Fsp3) is 0.385. The monoisotopic (exact) mass is 247 g/mol. The number of benzene rings is 1. The van der Waals surface area contributed by atoms with E-state index in [1.165, 1.54) is 0 Å². The Morgan fingerprint density at radius 2 is 2.00 bits per heavy atom. The Balaban J connectivity index is 2.40. The van der Waals surface area contributed by atoms with Crippen LogP contribution in [0.5, 0.6) is 5.75 Å². The summed E-state index contributed by atoms with van der Waals surface area (Å²) in [6.07, 6.45) is 0. The average Bonchev–Trinajstić information content (AvgIpc) is 2.77. The molecule has 1 aromatic heterocycles. The van der Waals surface area contributed by atoms with E-state index in [0.717, 1.165) is 5.56 Å². The van der Waals surface area contributed by atoms with Gasteiger partial charge in [0.2, 0.25) is 0 Å². The Kier molecular flexibility index (Phi) is 2.98. The molecule has 0 aliphatic carbocycles. The molecule has 0 saturated carbocycles. The lowest BCUT2D eigenvalue weighted by Gasteiger charge is -2.10. The first-order valence-electron chi connectivity index (χ1n) is 5.70. The van der Waals surface area contributed by atoms with Crippen LogP contribution in [-0.4, -0.2) is 17.3 Å². The van der Waals surface area contributed by atoms with Crippen LogP contribution in [0.25, 0.3) is 11.5 Å². The quantitative estimate of drug-likeness (QED) is 0.826. The van der Waals surface area contributed by atoms with Crippen molar-refractivity contribution in [1.29, 1.82) is 0 Å². The van der Waals surface area contributed by atoms with Gasteiger partial charge in [0.1, 0.15) is 5.75 Å². The zero-order chi connectivity index (χ0) is 13.3. The molecule has 0 unspecified atom stereocenters. The number of methoxy groups -OCH3 is 1. The lowest BCUT2D eigenvalue weighted by molar-refractivity contribution is 0.402. The number of nitrogen functional groups attached to an aromatic ring is 1. The molecule has 5 nitrogen and oxygen atoms in total. The molecular weight excluding hydrogens is 230 g/mol. The number of ether oxygens (including phenoxy) is 1. The van der Waals surface area contributed by atoms with Crippen LogP contribution in [-0.2, 0) is 5.41 Å². The Bertz CT molecular complexity index is 556. The Hall–Kier alpha value is -2.04. The molecule has 0 aliphatic rings. The Morgan fingerprint density at radius 3 is 2.50 bits per heavy atom. The molecule has 96 valence electrons. The number of nitrogens with two attached hydrogens (primary N) is 1. The molecule has 18 heavy (non-hydrogen) atoms. The van der Waals surface area contributed by atoms with Gasteiger partial charge in [-0.05, 0) is 12.1 Å². The highest BCUT2D eigenvalue weighted by molar-refractivity contribution is 5.71. The van der Waals surface area contributed by atoms with Crippen molar-refractivity contribution < 1.29 is 9.26 Å². The van der Waals surface area contributed by atoms with E-state index >= 15 is 0 Å². The lowest BCUT2D eigenvalue weighted by Crippen LogP contribution is -2.13. The summed E-state index contributed by atoms with van der Waals surface area (Å²) in [4.78, 5) is 4.37. The highest BCUT2D eigenvalue weighted by atomic mass is 16.5. The van der Waals surface area contributed by atoms with Crippen LogP contribution in [0.15, 0.2) is 22.7 Å². The summed E-state index contributed by atoms with van der Waals surface area (Å²) < 4.78 is 10.3. The topological polar surface area (TPSA) is 74.2 Å². The van der Waals surface area contributed by atoms with Gasteiger partial charge in [-0.2, -0.15) is 4.98 Å². The van der Waals surface area contributed by atoms with E-state index in [4.69, 9.17) is 15.0 Å². The van der Waals surface area contributed by atoms with Gasteiger partial charge >= 0.3 is 0 Å². The molecule has 1 aromatic carbocycles. The SMILES string of the molecule is COc1ccc(-c2nc(C(C)(C)C)no2)c(N)c1. The summed E-state index contributed by atoms with van der Waals surface area (Å²) in [5, 5.41) is 3.97. The van der Waals surface area contributed by atoms with Crippen molar-refractivity contribution in [1.82, 2.24) is 10.1 Å². The van der Waals surface area contributed by atoms with E-state index in [-0.39, 0.29) is 5.41 Å². The van der Waals surface area contributed by atoms with Crippen LogP contribution in [0.3, 0.4) is 0 Å². The maximum Gasteiger partial charge on any atom is 0.260 e. The van der Waals surface area contributed by atoms with Crippen LogP contribution < -0.4 is 10.5 Å². The van der Waals surface area contributed by atoms with Gasteiger partial charge in [0, 0.05) is 17.2 Å². The molecule has 2 N–H and O–H groups in total. The van der Waals surface area contributed by atoms with E-state index in [2.05, 4.69) is 10.1 Å². The fourth-order valence-corrected chi connectivity index (χ4v) is 1.50. The molecule has 0 radical (unpaired) electrons. The zero-order valence-corrected chi connectivity index (χ0v) is 11.0. The van der Waals surface area contributed by atoms with E-state index < -0.39 is 0 Å². The van der Waals surface area contributed by atoms with E-state index in [1.54, 1.807) is 13.2 Å². The molecule has 2 aromatic rings. The highest BCUT2D eigenvalue weighted by Gasteiger charge is 2.22. The number of nitrogens with zero attached hydrogens (tertiary/aromatic N) is 2. The fourth-order valence-electron chi connectivity index (χ4n) is 1.50. The van der Waals surface area contributed by atoms with Crippen LogP contribution in [0.1, 0.15) is 26.6 Å². The van der Waals surface area contributed by atoms with Gasteiger partial charge in [-0.3, -0.25) is 0 Å². The van der Waals surface area contributed by atoms with E-state index in [9.17, 15) is 0 Å². The predicted molar refractivity (Wildman–Crippen MR) is 69.4 cm³/mol. The van der Waals surface area contributed by atoms with Crippen LogP contribution >= 0.6 is 0 Å². The number of aromatic nitrogens is 2. The molecule has 0 bridgehead atoms. The van der Waals surface area contributed by atoms with Gasteiger partial charge in [-0.1, -0.05) is 25.9 Å². The standard InChI is InChI=1S/C13H17N3O2/c1-13(2,3)12-15-11(18-16-12)9-6-5-8(17-4)7-10(9)14/h5-7H,14H2,1-4H3. The third-order valence-corrected chi connectivity index (χ3v) is 2.59. The molecule has 0 aliphatic heterocycles. The van der Waals surface area contributed by atoms with Crippen molar-refractivity contribution in [2.24, 2.45) is 0 Å². The number of rotatable bonds is 2. The molecule has 2 rings (SSSR count). The third-order valence-electron chi connectivity index (χ3n) is 2.59. The van der Waals surface area contributed by atoms with Crippen LogP contribution in [0.4, 0.5) is 5.69 Å². The zero-order valence-electron chi connectivity index (χ0n) is 11.0. The van der Waals surface area contributed by atoms with E-state index in [0.29, 0.717) is 23.2 Å². The maximum absolute atomic E-state index is 5.94. The minimum absolute atomic E-state index is 0.150. The molecular formula is C13H17N3O2. The molecule has 0 spiro atoms. The predicted octanol–water partition coefficient (Wildman–Crippen LogP) is 2.62. The first kappa shape index (κ1) is 12.4. The van der Waals surface area contributed by atoms with Gasteiger partial charge in [0.15, 0.2) is 5.82 Å². The maximum atomic E-state index is 5.94. The summed E-state index contributed by atoms with van der Waals surface area (Å²) in [7, 11) is 1.60. The second-order valence-corrected chi connectivity index (χ2v) is 5.13. The first-order valence-corrected chi connectivity index (χ1v) is 5.70. The largest absolute Gasteiger partial charge is 0.497 e. The molecule has 1 heterocycles. The average molecular weight is 247 g/mol. The van der Waals surface area contributed by atoms with Crippen molar-refractivity contribution in [3.63, 3.8) is 0 Å². The smallest absolute Gasteiger partial charge is 0.260 e. The Morgan fingerprint density at radius 1 is 1.28 bits per heavy atom. The van der Waals surface area contributed by atoms with Gasteiger partial charge in [0.25, 0.3) is 5.89 Å². The minimum atomic E-state index is -0.150. The minimum Gasteiger partial charge on any atom is -0.497 e. The van der Waals surface area contributed by atoms with Crippen molar-refractivity contribution in [2.45, 2.75) is 26.2 Å². The second kappa shape index (κ2) is 4.33. The van der Waals surface area contributed by atoms with Crippen molar-refractivity contribution in [3.05, 3.63) is 24.0 Å². The molecule has 0 atom stereocenters. The second-order valence-electron chi connectivity index (χ2n) is 5.13. The summed E-state index contributed by atoms with van der Waals surface area (Å²) in [6, 6.07) is 5.36. The first-order chi connectivity index (χ1) is 8.41. The number of hydrogen-bond acceptors (Lipinski definition) is 5. The molecule has 0 amide bonds. The molecule has 0 saturated heterocycles. The van der Waals surface area contributed by atoms with Crippen LogP contribution in [0.2, 0.25) is 0 Å². The number of hydrogen-bond donors (Lipinski definition) is 1. The highest BCUT2D eigenvalue weighted by Crippen LogP contribution is 2.29. The van der Waals surface area contributed by atoms with Crippen molar-refractivity contribution in [3.8, 4) is 17.2 Å². The summed E-state index contributed by atoms with van der Waals surface area (Å²) in [6.45, 7) is 6.08. The number of anilines is 1. The summed E-state index contributed by atoms with van der Waals surface area (Å²) in [5.41, 5.74) is 7.06. The van der Waals surface area contributed by atoms with Gasteiger partial charge in [-0.15, -0.1) is 0 Å². The van der Waals surface area contributed by atoms with Gasteiger partial charge in [0.05, 0.1) is 12.7 Å². The van der Waals surface area contributed by atoms with Crippen molar-refractivity contribution in [2.75, 3.05) is 12.8 Å². The summed E-state index contributed by atoms with van der Waals surface area (Å²) >= 11 is 0. The van der Waals surface area contributed by atoms with E-state index in [1.807, 2.05) is 32.9 Å². The lowest BCUT2D eigenvalue weighted by atomic mass is 9.96. The molecule has 5 heteroatoms. The third kappa shape index (κ3) is 2.30. The normalized spacial score (nSPS) is 11.6. The van der Waals surface area contributed by atoms with Crippen molar-refractivity contribution >= 4 is 5.69 Å². The summed E-state index contributed by atoms with van der Waals surface area (Å²) in [5.74, 6) is 1.79.